The normalized spacial score (nSPS) is 10.6. The summed E-state index contributed by atoms with van der Waals surface area (Å²) in [5, 5.41) is 13.5. The minimum absolute atomic E-state index is 0.183. The summed E-state index contributed by atoms with van der Waals surface area (Å²) in [6.07, 6.45) is 0. The van der Waals surface area contributed by atoms with Crippen molar-refractivity contribution in [2.45, 2.75) is 27.3 Å². The van der Waals surface area contributed by atoms with Crippen molar-refractivity contribution < 1.29 is 14.6 Å². The van der Waals surface area contributed by atoms with Crippen LogP contribution in [0.2, 0.25) is 0 Å². The van der Waals surface area contributed by atoms with Crippen LogP contribution in [0, 0.1) is 13.8 Å². The van der Waals surface area contributed by atoms with Gasteiger partial charge in [-0.1, -0.05) is 0 Å². The maximum atomic E-state index is 11.2. The molecule has 106 valence electrons. The lowest BCUT2D eigenvalue weighted by Gasteiger charge is -2.09. The van der Waals surface area contributed by atoms with Crippen molar-refractivity contribution in [1.29, 1.82) is 0 Å². The van der Waals surface area contributed by atoms with E-state index >= 15 is 0 Å². The Morgan fingerprint density at radius 2 is 1.95 bits per heavy atom. The monoisotopic (exact) mass is 274 g/mol. The molecular formula is C15H18N2O3. The maximum absolute atomic E-state index is 11.2. The van der Waals surface area contributed by atoms with Gasteiger partial charge in [0.1, 0.15) is 11.4 Å². The van der Waals surface area contributed by atoms with E-state index in [4.69, 9.17) is 4.74 Å². The number of aromatic nitrogens is 2. The molecule has 1 aromatic carbocycles. The van der Waals surface area contributed by atoms with Gasteiger partial charge in [-0.25, -0.2) is 4.79 Å². The van der Waals surface area contributed by atoms with Gasteiger partial charge in [0, 0.05) is 12.1 Å². The zero-order valence-corrected chi connectivity index (χ0v) is 12.1. The van der Waals surface area contributed by atoms with E-state index in [2.05, 4.69) is 5.10 Å². The third-order valence-electron chi connectivity index (χ3n) is 3.39. The second kappa shape index (κ2) is 5.36. The first kappa shape index (κ1) is 14.1. The molecule has 0 aliphatic rings. The van der Waals surface area contributed by atoms with Crippen LogP contribution in [-0.2, 0) is 6.54 Å². The number of ether oxygens (including phenoxy) is 1. The van der Waals surface area contributed by atoms with Gasteiger partial charge in [0.05, 0.1) is 12.8 Å². The van der Waals surface area contributed by atoms with Crippen molar-refractivity contribution in [3.63, 3.8) is 0 Å². The summed E-state index contributed by atoms with van der Waals surface area (Å²) in [5.74, 6) is -0.279. The molecule has 5 nitrogen and oxygen atoms in total. The van der Waals surface area contributed by atoms with Crippen molar-refractivity contribution >= 4 is 5.97 Å². The number of methoxy groups -OCH3 is 1. The van der Waals surface area contributed by atoms with Gasteiger partial charge < -0.3 is 9.84 Å². The zero-order chi connectivity index (χ0) is 14.9. The molecule has 0 aliphatic carbocycles. The fraction of sp³-hybridized carbons (Fsp3) is 0.333. The molecule has 1 heterocycles. The lowest BCUT2D eigenvalue weighted by atomic mass is 10.0. The molecule has 0 saturated carbocycles. The quantitative estimate of drug-likeness (QED) is 0.931. The first-order valence-corrected chi connectivity index (χ1v) is 6.44. The number of hydrogen-bond donors (Lipinski definition) is 1. The van der Waals surface area contributed by atoms with Crippen molar-refractivity contribution in [1.82, 2.24) is 9.78 Å². The Labute approximate surface area is 117 Å². The summed E-state index contributed by atoms with van der Waals surface area (Å²) in [4.78, 5) is 11.2. The molecule has 0 fully saturated rings. The van der Waals surface area contributed by atoms with Crippen LogP contribution >= 0.6 is 0 Å². The molecule has 2 aromatic rings. The fourth-order valence-corrected chi connectivity index (χ4v) is 2.12. The first-order chi connectivity index (χ1) is 9.47. The fourth-order valence-electron chi connectivity index (χ4n) is 2.12. The molecule has 1 aromatic heterocycles. The molecule has 0 radical (unpaired) electrons. The van der Waals surface area contributed by atoms with E-state index in [0.29, 0.717) is 18.0 Å². The van der Waals surface area contributed by atoms with E-state index in [1.165, 1.54) is 4.68 Å². The summed E-state index contributed by atoms with van der Waals surface area (Å²) in [6, 6.07) is 5.50. The largest absolute Gasteiger partial charge is 0.496 e. The number of carbonyl (C=O) groups is 1. The average Bonchev–Trinajstić information content (AvgIpc) is 2.85. The highest BCUT2D eigenvalue weighted by Crippen LogP contribution is 2.32. The van der Waals surface area contributed by atoms with E-state index < -0.39 is 5.97 Å². The number of benzene rings is 1. The van der Waals surface area contributed by atoms with Gasteiger partial charge in [-0.05, 0) is 50.1 Å². The summed E-state index contributed by atoms with van der Waals surface area (Å²) >= 11 is 0. The molecule has 5 heteroatoms. The van der Waals surface area contributed by atoms with Gasteiger partial charge in [-0.2, -0.15) is 5.10 Å². The number of rotatable bonds is 4. The molecule has 1 N–H and O–H groups in total. The zero-order valence-electron chi connectivity index (χ0n) is 12.1. The molecule has 0 saturated heterocycles. The highest BCUT2D eigenvalue weighted by atomic mass is 16.5. The Bertz CT molecular complexity index is 659. The number of carboxylic acid groups (broad SMARTS) is 1. The van der Waals surface area contributed by atoms with Gasteiger partial charge in [-0.15, -0.1) is 0 Å². The second-order valence-electron chi connectivity index (χ2n) is 4.67. The number of hydrogen-bond acceptors (Lipinski definition) is 3. The third kappa shape index (κ3) is 2.39. The van der Waals surface area contributed by atoms with Crippen LogP contribution in [0.5, 0.6) is 5.75 Å². The minimum Gasteiger partial charge on any atom is -0.496 e. The lowest BCUT2D eigenvalue weighted by Crippen LogP contribution is -2.08. The average molecular weight is 274 g/mol. The van der Waals surface area contributed by atoms with Gasteiger partial charge in [0.25, 0.3) is 0 Å². The lowest BCUT2D eigenvalue weighted by molar-refractivity contribution is 0.0683. The highest BCUT2D eigenvalue weighted by molar-refractivity contribution is 5.87. The molecule has 0 amide bonds. The van der Waals surface area contributed by atoms with Crippen molar-refractivity contribution in [3.8, 4) is 17.0 Å². The Kier molecular flexibility index (Phi) is 3.79. The van der Waals surface area contributed by atoms with Gasteiger partial charge in [0.15, 0.2) is 0 Å². The molecule has 0 aliphatic heterocycles. The van der Waals surface area contributed by atoms with E-state index in [1.807, 2.05) is 32.9 Å². The summed E-state index contributed by atoms with van der Waals surface area (Å²) in [7, 11) is 1.60. The molecule has 2 rings (SSSR count). The summed E-state index contributed by atoms with van der Waals surface area (Å²) in [6.45, 7) is 6.39. The Morgan fingerprint density at radius 3 is 2.45 bits per heavy atom. The molecule has 0 unspecified atom stereocenters. The number of aryl methyl sites for hydroxylation is 3. The van der Waals surface area contributed by atoms with Crippen LogP contribution in [0.25, 0.3) is 11.3 Å². The summed E-state index contributed by atoms with van der Waals surface area (Å²) in [5.41, 5.74) is 3.85. The Morgan fingerprint density at radius 1 is 1.30 bits per heavy atom. The van der Waals surface area contributed by atoms with Crippen molar-refractivity contribution in [2.24, 2.45) is 0 Å². The van der Waals surface area contributed by atoms with Crippen LogP contribution in [0.3, 0.4) is 0 Å². The van der Waals surface area contributed by atoms with Crippen molar-refractivity contribution in [2.75, 3.05) is 7.11 Å². The second-order valence-corrected chi connectivity index (χ2v) is 4.67. The SMILES string of the molecule is CCn1nc(-c2cc(C)c(C)cc2OC)cc1C(=O)O. The number of carboxylic acids is 1. The van der Waals surface area contributed by atoms with E-state index in [9.17, 15) is 9.90 Å². The van der Waals surface area contributed by atoms with Crippen LogP contribution in [0.15, 0.2) is 18.2 Å². The number of aromatic carboxylic acids is 1. The number of nitrogens with zero attached hydrogens (tertiary/aromatic N) is 2. The van der Waals surface area contributed by atoms with Gasteiger partial charge >= 0.3 is 5.97 Å². The standard InChI is InChI=1S/C15H18N2O3/c1-5-17-13(15(18)19)8-12(16-17)11-6-9(2)10(3)7-14(11)20-4/h6-8H,5H2,1-4H3,(H,18,19). The van der Waals surface area contributed by atoms with E-state index in [0.717, 1.165) is 16.7 Å². The van der Waals surface area contributed by atoms with Crippen LogP contribution in [0.1, 0.15) is 28.5 Å². The smallest absolute Gasteiger partial charge is 0.354 e. The summed E-state index contributed by atoms with van der Waals surface area (Å²) < 4.78 is 6.86. The van der Waals surface area contributed by atoms with Crippen LogP contribution < -0.4 is 4.74 Å². The Hall–Kier alpha value is -2.30. The molecule has 0 atom stereocenters. The highest BCUT2D eigenvalue weighted by Gasteiger charge is 2.17. The molecule has 0 bridgehead atoms. The maximum Gasteiger partial charge on any atom is 0.354 e. The van der Waals surface area contributed by atoms with Crippen LogP contribution in [-0.4, -0.2) is 28.0 Å². The predicted octanol–water partition coefficient (Wildman–Crippen LogP) is 2.89. The Balaban J connectivity index is 2.62. The van der Waals surface area contributed by atoms with Gasteiger partial charge in [0.2, 0.25) is 0 Å². The van der Waals surface area contributed by atoms with E-state index in [1.54, 1.807) is 13.2 Å². The van der Waals surface area contributed by atoms with E-state index in [-0.39, 0.29) is 5.69 Å². The molecule has 20 heavy (non-hydrogen) atoms. The first-order valence-electron chi connectivity index (χ1n) is 6.44. The third-order valence-corrected chi connectivity index (χ3v) is 3.39. The van der Waals surface area contributed by atoms with Crippen molar-refractivity contribution in [3.05, 3.63) is 35.0 Å². The van der Waals surface area contributed by atoms with Gasteiger partial charge in [-0.3, -0.25) is 4.68 Å². The minimum atomic E-state index is -0.978. The predicted molar refractivity (Wildman–Crippen MR) is 76.3 cm³/mol. The topological polar surface area (TPSA) is 64.4 Å². The molecule has 0 spiro atoms. The molecular weight excluding hydrogens is 256 g/mol. The van der Waals surface area contributed by atoms with Crippen LogP contribution in [0.4, 0.5) is 0 Å².